The SMILES string of the molecule is COC(=O)Cn1ncc(NCCc2nccs2)c(Br)c1=O. The Hall–Kier alpha value is -1.74. The zero-order valence-corrected chi connectivity index (χ0v) is 13.6. The molecule has 2 aromatic heterocycles. The van der Waals surface area contributed by atoms with Gasteiger partial charge in [0.25, 0.3) is 5.56 Å². The molecule has 0 radical (unpaired) electrons. The molecule has 1 N–H and O–H groups in total. The third-order valence-electron chi connectivity index (χ3n) is 2.63. The molecular formula is C12H13BrN4O3S. The number of aromatic nitrogens is 3. The quantitative estimate of drug-likeness (QED) is 0.768. The number of thiazole rings is 1. The molecule has 7 nitrogen and oxygen atoms in total. The Kier molecular flexibility index (Phi) is 5.45. The van der Waals surface area contributed by atoms with Gasteiger partial charge in [0.05, 0.1) is 24.0 Å². The molecule has 0 bridgehead atoms. The fourth-order valence-corrected chi connectivity index (χ4v) is 2.64. The van der Waals surface area contributed by atoms with E-state index in [1.165, 1.54) is 13.3 Å². The molecule has 0 aliphatic heterocycles. The summed E-state index contributed by atoms with van der Waals surface area (Å²) in [6.45, 7) is 0.418. The van der Waals surface area contributed by atoms with Crippen LogP contribution in [-0.4, -0.2) is 34.4 Å². The van der Waals surface area contributed by atoms with E-state index < -0.39 is 5.97 Å². The molecule has 2 heterocycles. The highest BCUT2D eigenvalue weighted by Gasteiger charge is 2.11. The molecule has 9 heteroatoms. The summed E-state index contributed by atoms with van der Waals surface area (Å²) >= 11 is 4.80. The minimum atomic E-state index is -0.527. The molecule has 0 saturated carbocycles. The van der Waals surface area contributed by atoms with Crippen LogP contribution in [0.5, 0.6) is 0 Å². The van der Waals surface area contributed by atoms with E-state index >= 15 is 0 Å². The summed E-state index contributed by atoms with van der Waals surface area (Å²) in [7, 11) is 1.26. The van der Waals surface area contributed by atoms with Gasteiger partial charge in [0.15, 0.2) is 0 Å². The van der Waals surface area contributed by atoms with E-state index in [-0.39, 0.29) is 12.1 Å². The van der Waals surface area contributed by atoms with Crippen molar-refractivity contribution < 1.29 is 9.53 Å². The summed E-state index contributed by atoms with van der Waals surface area (Å²) in [4.78, 5) is 27.4. The predicted octanol–water partition coefficient (Wildman–Crippen LogP) is 1.29. The van der Waals surface area contributed by atoms with Crippen LogP contribution in [0.4, 0.5) is 5.69 Å². The number of esters is 1. The average Bonchev–Trinajstić information content (AvgIpc) is 2.99. The lowest BCUT2D eigenvalue weighted by Crippen LogP contribution is -2.28. The first-order chi connectivity index (χ1) is 10.1. The standard InChI is InChI=1S/C12H13BrN4O3S/c1-20-10(18)7-17-12(19)11(13)8(6-16-17)14-3-2-9-15-4-5-21-9/h4-6,14H,2-3,7H2,1H3. The van der Waals surface area contributed by atoms with Gasteiger partial charge in [-0.15, -0.1) is 11.3 Å². The molecule has 112 valence electrons. The van der Waals surface area contributed by atoms with Gasteiger partial charge in [-0.1, -0.05) is 0 Å². The van der Waals surface area contributed by atoms with E-state index in [9.17, 15) is 9.59 Å². The number of methoxy groups -OCH3 is 1. The van der Waals surface area contributed by atoms with Gasteiger partial charge in [0, 0.05) is 24.5 Å². The summed E-state index contributed by atoms with van der Waals surface area (Å²) in [5, 5.41) is 9.99. The first-order valence-corrected chi connectivity index (χ1v) is 7.73. The average molecular weight is 373 g/mol. The van der Waals surface area contributed by atoms with E-state index in [4.69, 9.17) is 0 Å². The molecule has 0 aliphatic carbocycles. The van der Waals surface area contributed by atoms with Crippen molar-refractivity contribution in [1.29, 1.82) is 0 Å². The molecule has 0 spiro atoms. The fourth-order valence-electron chi connectivity index (χ4n) is 1.57. The van der Waals surface area contributed by atoms with E-state index in [0.29, 0.717) is 16.7 Å². The van der Waals surface area contributed by atoms with Crippen LogP contribution in [0.2, 0.25) is 0 Å². The minimum absolute atomic E-state index is 0.215. The molecule has 2 rings (SSSR count). The topological polar surface area (TPSA) is 86.1 Å². The van der Waals surface area contributed by atoms with Crippen molar-refractivity contribution in [2.45, 2.75) is 13.0 Å². The third-order valence-corrected chi connectivity index (χ3v) is 4.23. The van der Waals surface area contributed by atoms with Gasteiger partial charge in [-0.2, -0.15) is 5.10 Å². The number of anilines is 1. The first-order valence-electron chi connectivity index (χ1n) is 6.06. The van der Waals surface area contributed by atoms with Crippen LogP contribution < -0.4 is 10.9 Å². The normalized spacial score (nSPS) is 10.4. The van der Waals surface area contributed by atoms with Crippen molar-refractivity contribution in [2.75, 3.05) is 19.0 Å². The molecule has 0 unspecified atom stereocenters. The third kappa shape index (κ3) is 4.11. The lowest BCUT2D eigenvalue weighted by Gasteiger charge is -2.09. The van der Waals surface area contributed by atoms with Crippen LogP contribution in [0.25, 0.3) is 0 Å². The lowest BCUT2D eigenvalue weighted by atomic mass is 10.4. The van der Waals surface area contributed by atoms with Crippen LogP contribution in [0.1, 0.15) is 5.01 Å². The lowest BCUT2D eigenvalue weighted by molar-refractivity contribution is -0.141. The Morgan fingerprint density at radius 3 is 3.05 bits per heavy atom. The summed E-state index contributed by atoms with van der Waals surface area (Å²) in [5.41, 5.74) is 0.192. The zero-order valence-electron chi connectivity index (χ0n) is 11.2. The van der Waals surface area contributed by atoms with Crippen molar-refractivity contribution in [3.63, 3.8) is 0 Å². The minimum Gasteiger partial charge on any atom is -0.468 e. The molecule has 0 amide bonds. The molecule has 2 aromatic rings. The number of carbonyl (C=O) groups is 1. The van der Waals surface area contributed by atoms with E-state index in [2.05, 4.69) is 36.1 Å². The van der Waals surface area contributed by atoms with Crippen LogP contribution in [-0.2, 0) is 22.5 Å². The second kappa shape index (κ2) is 7.32. The van der Waals surface area contributed by atoms with Crippen molar-refractivity contribution in [2.24, 2.45) is 0 Å². The number of nitrogens with one attached hydrogen (secondary N) is 1. The number of hydrogen-bond donors (Lipinski definition) is 1. The fraction of sp³-hybridized carbons (Fsp3) is 0.333. The van der Waals surface area contributed by atoms with Crippen LogP contribution in [0.15, 0.2) is 27.0 Å². The van der Waals surface area contributed by atoms with Crippen molar-refractivity contribution in [3.05, 3.63) is 37.6 Å². The number of carbonyl (C=O) groups excluding carboxylic acids is 1. The Bertz CT molecular complexity index is 672. The van der Waals surface area contributed by atoms with E-state index in [1.807, 2.05) is 5.38 Å². The largest absolute Gasteiger partial charge is 0.468 e. The monoisotopic (exact) mass is 372 g/mol. The van der Waals surface area contributed by atoms with Gasteiger partial charge in [0.1, 0.15) is 11.0 Å². The number of hydrogen-bond acceptors (Lipinski definition) is 7. The molecule has 0 saturated heterocycles. The molecule has 21 heavy (non-hydrogen) atoms. The van der Waals surface area contributed by atoms with Crippen molar-refractivity contribution in [3.8, 4) is 0 Å². The molecular weight excluding hydrogens is 360 g/mol. The van der Waals surface area contributed by atoms with Crippen LogP contribution >= 0.6 is 27.3 Å². The van der Waals surface area contributed by atoms with Gasteiger partial charge < -0.3 is 10.1 Å². The number of ether oxygens (including phenoxy) is 1. The second-order valence-electron chi connectivity index (χ2n) is 4.01. The number of nitrogens with zero attached hydrogens (tertiary/aromatic N) is 3. The highest BCUT2D eigenvalue weighted by atomic mass is 79.9. The molecule has 0 aromatic carbocycles. The summed E-state index contributed by atoms with van der Waals surface area (Å²) in [5.74, 6) is -0.527. The van der Waals surface area contributed by atoms with Crippen molar-refractivity contribution in [1.82, 2.24) is 14.8 Å². The van der Waals surface area contributed by atoms with Gasteiger partial charge in [-0.05, 0) is 15.9 Å². The van der Waals surface area contributed by atoms with Gasteiger partial charge in [-0.25, -0.2) is 9.67 Å². The highest BCUT2D eigenvalue weighted by molar-refractivity contribution is 9.10. The van der Waals surface area contributed by atoms with Gasteiger partial charge in [-0.3, -0.25) is 9.59 Å². The molecule has 0 aliphatic rings. The predicted molar refractivity (Wildman–Crippen MR) is 82.5 cm³/mol. The maximum absolute atomic E-state index is 12.0. The first kappa shape index (κ1) is 15.6. The Morgan fingerprint density at radius 2 is 2.38 bits per heavy atom. The summed E-state index contributed by atoms with van der Waals surface area (Å²) < 4.78 is 5.89. The molecule has 0 atom stereocenters. The zero-order chi connectivity index (χ0) is 15.2. The Morgan fingerprint density at radius 1 is 1.57 bits per heavy atom. The summed E-state index contributed by atoms with van der Waals surface area (Å²) in [6, 6.07) is 0. The Labute approximate surface area is 133 Å². The van der Waals surface area contributed by atoms with Crippen molar-refractivity contribution >= 4 is 38.9 Å². The van der Waals surface area contributed by atoms with Gasteiger partial charge in [0.2, 0.25) is 0 Å². The smallest absolute Gasteiger partial charge is 0.327 e. The second-order valence-corrected chi connectivity index (χ2v) is 5.79. The van der Waals surface area contributed by atoms with Crippen LogP contribution in [0, 0.1) is 0 Å². The highest BCUT2D eigenvalue weighted by Crippen LogP contribution is 2.16. The molecule has 0 fully saturated rings. The van der Waals surface area contributed by atoms with Crippen LogP contribution in [0.3, 0.4) is 0 Å². The van der Waals surface area contributed by atoms with Gasteiger partial charge >= 0.3 is 5.97 Å². The maximum atomic E-state index is 12.0. The van der Waals surface area contributed by atoms with E-state index in [1.54, 1.807) is 17.5 Å². The van der Waals surface area contributed by atoms with E-state index in [0.717, 1.165) is 16.1 Å². The maximum Gasteiger partial charge on any atom is 0.327 e. The number of rotatable bonds is 6. The Balaban J connectivity index is 2.02. The summed E-state index contributed by atoms with van der Waals surface area (Å²) in [6.07, 6.45) is 4.01. The number of halogens is 1.